The van der Waals surface area contributed by atoms with Gasteiger partial charge in [0.1, 0.15) is 22.9 Å². The Labute approximate surface area is 191 Å². The highest BCUT2D eigenvalue weighted by atomic mass is 16.5. The van der Waals surface area contributed by atoms with Crippen molar-refractivity contribution in [3.63, 3.8) is 0 Å². The van der Waals surface area contributed by atoms with Gasteiger partial charge in [0.05, 0.1) is 0 Å². The van der Waals surface area contributed by atoms with Crippen molar-refractivity contribution < 1.29 is 19.1 Å². The lowest BCUT2D eigenvalue weighted by Gasteiger charge is -2.28. The van der Waals surface area contributed by atoms with Crippen molar-refractivity contribution in [2.75, 3.05) is 12.4 Å². The summed E-state index contributed by atoms with van der Waals surface area (Å²) in [5.74, 6) is 0.364. The van der Waals surface area contributed by atoms with Crippen molar-refractivity contribution in [3.05, 3.63) is 70.8 Å². The lowest BCUT2D eigenvalue weighted by molar-refractivity contribution is 0.0909. The monoisotopic (exact) mass is 446 g/mol. The Morgan fingerprint density at radius 1 is 1.09 bits per heavy atom. The van der Waals surface area contributed by atoms with Gasteiger partial charge in [0, 0.05) is 48.7 Å². The Kier molecular flexibility index (Phi) is 5.76. The Morgan fingerprint density at radius 3 is 2.61 bits per heavy atom. The lowest BCUT2D eigenvalue weighted by Crippen LogP contribution is -2.26. The van der Waals surface area contributed by atoms with Gasteiger partial charge in [0.25, 0.3) is 11.8 Å². The topological polar surface area (TPSA) is 113 Å². The number of benzene rings is 1. The SMILES string of the molecule is CNC(=O)c1cc(Oc2cccc(NC(=O)c3[nH]c4c(c3C)C(=O)CC(C)(C)C4)c2)ccn1. The van der Waals surface area contributed by atoms with Crippen LogP contribution in [0.4, 0.5) is 5.69 Å². The summed E-state index contributed by atoms with van der Waals surface area (Å²) in [6.45, 7) is 5.90. The van der Waals surface area contributed by atoms with Crippen molar-refractivity contribution in [1.29, 1.82) is 0 Å². The largest absolute Gasteiger partial charge is 0.457 e. The molecule has 1 aromatic carbocycles. The number of carbonyl (C=O) groups excluding carboxylic acids is 3. The van der Waals surface area contributed by atoms with E-state index in [0.717, 1.165) is 12.1 Å². The summed E-state index contributed by atoms with van der Waals surface area (Å²) in [4.78, 5) is 44.6. The predicted octanol–water partition coefficient (Wildman–Crippen LogP) is 4.28. The Balaban J connectivity index is 1.52. The first-order chi connectivity index (χ1) is 15.7. The van der Waals surface area contributed by atoms with Gasteiger partial charge in [-0.15, -0.1) is 0 Å². The summed E-state index contributed by atoms with van der Waals surface area (Å²) in [7, 11) is 1.53. The molecule has 2 heterocycles. The first kappa shape index (κ1) is 22.3. The summed E-state index contributed by atoms with van der Waals surface area (Å²) in [5, 5.41) is 5.39. The summed E-state index contributed by atoms with van der Waals surface area (Å²) in [6, 6.07) is 10.1. The second-order valence-electron chi connectivity index (χ2n) is 8.96. The highest BCUT2D eigenvalue weighted by Gasteiger charge is 2.35. The first-order valence-electron chi connectivity index (χ1n) is 10.7. The highest BCUT2D eigenvalue weighted by molar-refractivity contribution is 6.08. The molecule has 170 valence electrons. The number of H-pyrrole nitrogens is 1. The molecule has 8 heteroatoms. The number of ketones is 1. The van der Waals surface area contributed by atoms with E-state index < -0.39 is 0 Å². The fourth-order valence-electron chi connectivity index (χ4n) is 4.15. The van der Waals surface area contributed by atoms with Crippen LogP contribution in [0.3, 0.4) is 0 Å². The zero-order valence-corrected chi connectivity index (χ0v) is 19.0. The van der Waals surface area contributed by atoms with E-state index in [1.165, 1.54) is 19.3 Å². The van der Waals surface area contributed by atoms with Crippen LogP contribution in [0.15, 0.2) is 42.6 Å². The molecule has 0 bridgehead atoms. The summed E-state index contributed by atoms with van der Waals surface area (Å²) in [6.07, 6.45) is 2.68. The molecular formula is C25H26N4O4. The first-order valence-corrected chi connectivity index (χ1v) is 10.7. The molecule has 2 aromatic heterocycles. The molecule has 33 heavy (non-hydrogen) atoms. The van der Waals surface area contributed by atoms with Gasteiger partial charge in [0.2, 0.25) is 0 Å². The van der Waals surface area contributed by atoms with Gasteiger partial charge in [-0.25, -0.2) is 0 Å². The molecule has 8 nitrogen and oxygen atoms in total. The maximum absolute atomic E-state index is 13.0. The highest BCUT2D eigenvalue weighted by Crippen LogP contribution is 2.37. The second-order valence-corrected chi connectivity index (χ2v) is 8.96. The average Bonchev–Trinajstić information content (AvgIpc) is 3.09. The zero-order valence-electron chi connectivity index (χ0n) is 19.0. The number of nitrogens with zero attached hydrogens (tertiary/aromatic N) is 1. The van der Waals surface area contributed by atoms with Gasteiger partial charge in [-0.2, -0.15) is 0 Å². The van der Waals surface area contributed by atoms with Crippen molar-refractivity contribution in [2.45, 2.75) is 33.6 Å². The number of aromatic nitrogens is 2. The Bertz CT molecular complexity index is 1260. The zero-order chi connectivity index (χ0) is 23.8. The number of fused-ring (bicyclic) bond motifs is 1. The molecule has 0 saturated carbocycles. The number of aromatic amines is 1. The van der Waals surface area contributed by atoms with Crippen LogP contribution in [0.5, 0.6) is 11.5 Å². The summed E-state index contributed by atoms with van der Waals surface area (Å²) >= 11 is 0. The third-order valence-electron chi connectivity index (χ3n) is 5.65. The van der Waals surface area contributed by atoms with E-state index in [-0.39, 0.29) is 28.7 Å². The predicted molar refractivity (Wildman–Crippen MR) is 124 cm³/mol. The molecule has 0 aliphatic heterocycles. The Morgan fingerprint density at radius 2 is 1.85 bits per heavy atom. The maximum Gasteiger partial charge on any atom is 0.272 e. The fraction of sp³-hybridized carbons (Fsp3) is 0.280. The molecular weight excluding hydrogens is 420 g/mol. The fourth-order valence-corrected chi connectivity index (χ4v) is 4.15. The molecule has 0 radical (unpaired) electrons. The molecule has 1 aliphatic rings. The van der Waals surface area contributed by atoms with E-state index in [0.29, 0.717) is 40.4 Å². The van der Waals surface area contributed by atoms with Gasteiger partial charge in [0.15, 0.2) is 5.78 Å². The standard InChI is InChI=1S/C25H26N4O4/c1-14-21-19(12-25(2,3)13-20(21)30)29-22(14)24(32)28-15-6-5-7-16(10-15)33-17-8-9-27-18(11-17)23(31)26-4/h5-11,29H,12-13H2,1-4H3,(H,26,31)(H,28,32). The average molecular weight is 447 g/mol. The maximum atomic E-state index is 13.0. The minimum Gasteiger partial charge on any atom is -0.457 e. The number of hydrogen-bond donors (Lipinski definition) is 3. The molecule has 2 amide bonds. The Hall–Kier alpha value is -3.94. The van der Waals surface area contributed by atoms with E-state index in [1.54, 1.807) is 37.3 Å². The van der Waals surface area contributed by atoms with Crippen molar-refractivity contribution in [1.82, 2.24) is 15.3 Å². The van der Waals surface area contributed by atoms with Gasteiger partial charge in [-0.05, 0) is 42.5 Å². The summed E-state index contributed by atoms with van der Waals surface area (Å²) < 4.78 is 5.84. The van der Waals surface area contributed by atoms with Crippen LogP contribution in [0.1, 0.15) is 62.9 Å². The normalized spacial score (nSPS) is 14.4. The summed E-state index contributed by atoms with van der Waals surface area (Å²) in [5.41, 5.74) is 3.17. The van der Waals surface area contributed by atoms with Crippen LogP contribution in [0, 0.1) is 12.3 Å². The molecule has 1 aliphatic carbocycles. The van der Waals surface area contributed by atoms with Crippen LogP contribution < -0.4 is 15.4 Å². The van der Waals surface area contributed by atoms with E-state index in [9.17, 15) is 14.4 Å². The van der Waals surface area contributed by atoms with E-state index in [2.05, 4.69) is 34.4 Å². The molecule has 0 saturated heterocycles. The van der Waals surface area contributed by atoms with Crippen LogP contribution in [0.2, 0.25) is 0 Å². The van der Waals surface area contributed by atoms with Gasteiger partial charge < -0.3 is 20.4 Å². The van der Waals surface area contributed by atoms with Crippen molar-refractivity contribution in [2.24, 2.45) is 5.41 Å². The number of pyridine rings is 1. The van der Waals surface area contributed by atoms with Gasteiger partial charge in [-0.3, -0.25) is 19.4 Å². The number of carbonyl (C=O) groups is 3. The number of nitrogens with one attached hydrogen (secondary N) is 3. The minimum atomic E-state index is -0.324. The smallest absolute Gasteiger partial charge is 0.272 e. The number of ether oxygens (including phenoxy) is 1. The van der Waals surface area contributed by atoms with E-state index in [4.69, 9.17) is 4.74 Å². The minimum absolute atomic E-state index is 0.0675. The van der Waals surface area contributed by atoms with E-state index >= 15 is 0 Å². The van der Waals surface area contributed by atoms with Crippen molar-refractivity contribution >= 4 is 23.3 Å². The molecule has 0 fully saturated rings. The van der Waals surface area contributed by atoms with Crippen LogP contribution in [-0.4, -0.2) is 34.6 Å². The quantitative estimate of drug-likeness (QED) is 0.541. The number of rotatable bonds is 5. The molecule has 0 unspecified atom stereocenters. The number of amides is 2. The van der Waals surface area contributed by atoms with Crippen molar-refractivity contribution in [3.8, 4) is 11.5 Å². The molecule has 4 rings (SSSR count). The molecule has 3 aromatic rings. The van der Waals surface area contributed by atoms with Crippen LogP contribution in [0.25, 0.3) is 0 Å². The lowest BCUT2D eigenvalue weighted by atomic mass is 9.75. The molecule has 3 N–H and O–H groups in total. The van der Waals surface area contributed by atoms with Gasteiger partial charge in [-0.1, -0.05) is 19.9 Å². The van der Waals surface area contributed by atoms with E-state index in [1.807, 2.05) is 0 Å². The van der Waals surface area contributed by atoms with Crippen LogP contribution in [-0.2, 0) is 6.42 Å². The second kappa shape index (κ2) is 8.54. The van der Waals surface area contributed by atoms with Gasteiger partial charge >= 0.3 is 0 Å². The third-order valence-corrected chi connectivity index (χ3v) is 5.65. The molecule has 0 spiro atoms. The third kappa shape index (κ3) is 4.64. The number of hydrogen-bond acceptors (Lipinski definition) is 5. The number of Topliss-reactive ketones (excluding diaryl/α,β-unsaturated/α-hetero) is 1. The number of anilines is 1. The van der Waals surface area contributed by atoms with Crippen LogP contribution >= 0.6 is 0 Å². The molecule has 0 atom stereocenters.